The van der Waals surface area contributed by atoms with Gasteiger partial charge in [-0.05, 0) is 59.2 Å². The summed E-state index contributed by atoms with van der Waals surface area (Å²) >= 11 is 1.83. The van der Waals surface area contributed by atoms with Gasteiger partial charge in [0.1, 0.15) is 0 Å². The Labute approximate surface area is 176 Å². The van der Waals surface area contributed by atoms with Crippen molar-refractivity contribution < 1.29 is 9.53 Å². The van der Waals surface area contributed by atoms with Crippen LogP contribution < -0.4 is 5.32 Å². The third-order valence-corrected chi connectivity index (χ3v) is 5.85. The summed E-state index contributed by atoms with van der Waals surface area (Å²) in [6.45, 7) is 4.61. The van der Waals surface area contributed by atoms with E-state index in [-0.39, 0.29) is 5.97 Å². The van der Waals surface area contributed by atoms with Crippen molar-refractivity contribution in [2.24, 2.45) is 0 Å². The first kappa shape index (κ1) is 19.7. The number of benzene rings is 3. The van der Waals surface area contributed by atoms with Gasteiger partial charge >= 0.3 is 5.97 Å². The van der Waals surface area contributed by atoms with E-state index in [0.717, 1.165) is 17.7 Å². The van der Waals surface area contributed by atoms with Crippen LogP contribution in [0.1, 0.15) is 38.8 Å². The highest BCUT2D eigenvalue weighted by Gasteiger charge is 2.29. The molecule has 0 aromatic heterocycles. The van der Waals surface area contributed by atoms with E-state index >= 15 is 0 Å². The highest BCUT2D eigenvalue weighted by molar-refractivity contribution is 7.98. The van der Waals surface area contributed by atoms with E-state index in [1.807, 2.05) is 36.0 Å². The van der Waals surface area contributed by atoms with Gasteiger partial charge in [-0.25, -0.2) is 4.79 Å². The molecule has 1 radical (unpaired) electrons. The molecular weight excluding hydrogens is 378 g/mol. The summed E-state index contributed by atoms with van der Waals surface area (Å²) in [7, 11) is 0. The first-order chi connectivity index (χ1) is 14.2. The lowest BCUT2D eigenvalue weighted by Gasteiger charge is -2.17. The van der Waals surface area contributed by atoms with Crippen molar-refractivity contribution in [3.63, 3.8) is 0 Å². The Kier molecular flexibility index (Phi) is 6.02. The van der Waals surface area contributed by atoms with Gasteiger partial charge in [-0.2, -0.15) is 11.8 Å². The number of carbonyl (C=O) groups excluding carboxylic acids is 1. The molecule has 0 bridgehead atoms. The van der Waals surface area contributed by atoms with Gasteiger partial charge in [-0.3, -0.25) is 5.32 Å². The Bertz CT molecular complexity index is 1020. The third kappa shape index (κ3) is 4.24. The minimum atomic E-state index is -0.450. The molecule has 1 N–H and O–H groups in total. The highest BCUT2D eigenvalue weighted by Crippen LogP contribution is 2.36. The number of nitrogens with one attached hydrogen (secondary N) is 1. The van der Waals surface area contributed by atoms with Crippen LogP contribution in [0.2, 0.25) is 0 Å². The molecule has 4 rings (SSSR count). The van der Waals surface area contributed by atoms with Gasteiger partial charge in [-0.1, -0.05) is 60.7 Å². The maximum Gasteiger partial charge on any atom is 0.340 e. The molecule has 0 aliphatic carbocycles. The number of aryl methyl sites for hydroxylation is 1. The second kappa shape index (κ2) is 8.85. The summed E-state index contributed by atoms with van der Waals surface area (Å²) < 4.78 is 5.86. The lowest BCUT2D eigenvalue weighted by molar-refractivity contribution is 0.0236. The number of hydrogen-bond acceptors (Lipinski definition) is 4. The predicted octanol–water partition coefficient (Wildman–Crippen LogP) is 5.40. The van der Waals surface area contributed by atoms with E-state index in [1.165, 1.54) is 22.3 Å². The molecule has 147 valence electrons. The van der Waals surface area contributed by atoms with Crippen LogP contribution in [-0.4, -0.2) is 18.0 Å². The van der Waals surface area contributed by atoms with E-state index in [9.17, 15) is 4.79 Å². The summed E-state index contributed by atoms with van der Waals surface area (Å²) in [4.78, 5) is 12.7. The van der Waals surface area contributed by atoms with Gasteiger partial charge in [0.25, 0.3) is 0 Å². The number of hydrogen-bond donors (Lipinski definition) is 1. The van der Waals surface area contributed by atoms with Crippen LogP contribution >= 0.6 is 11.8 Å². The zero-order valence-electron chi connectivity index (χ0n) is 16.5. The highest BCUT2D eigenvalue weighted by atomic mass is 32.2. The van der Waals surface area contributed by atoms with Gasteiger partial charge in [-0.15, -0.1) is 0 Å². The third-order valence-electron chi connectivity index (χ3n) is 5.23. The topological polar surface area (TPSA) is 38.3 Å². The van der Waals surface area contributed by atoms with Crippen molar-refractivity contribution in [2.75, 3.05) is 12.0 Å². The molecule has 0 saturated carbocycles. The number of ether oxygens (including phenoxy) is 1. The molecule has 29 heavy (non-hydrogen) atoms. The summed E-state index contributed by atoms with van der Waals surface area (Å²) in [6.07, 6.45) is 2.65. The van der Waals surface area contributed by atoms with Crippen LogP contribution in [0.4, 0.5) is 0 Å². The molecule has 3 aromatic rings. The van der Waals surface area contributed by atoms with E-state index in [2.05, 4.69) is 54.9 Å². The van der Waals surface area contributed by atoms with Crippen molar-refractivity contribution in [2.45, 2.75) is 19.2 Å². The molecule has 4 heteroatoms. The number of thioether (sulfide) groups is 1. The summed E-state index contributed by atoms with van der Waals surface area (Å²) in [5.74, 6) is 0.705. The molecule has 1 atom stereocenters. The minimum Gasteiger partial charge on any atom is -0.439 e. The Hall–Kier alpha value is -2.56. The van der Waals surface area contributed by atoms with Crippen LogP contribution in [0.15, 0.2) is 66.7 Å². The van der Waals surface area contributed by atoms with E-state index < -0.39 is 6.23 Å². The first-order valence-electron chi connectivity index (χ1n) is 9.73. The second-order valence-electron chi connectivity index (χ2n) is 7.14. The van der Waals surface area contributed by atoms with Crippen molar-refractivity contribution in [1.82, 2.24) is 5.32 Å². The molecule has 3 aromatic carbocycles. The van der Waals surface area contributed by atoms with Crippen LogP contribution in [0.3, 0.4) is 0 Å². The largest absolute Gasteiger partial charge is 0.439 e. The Balaban J connectivity index is 1.69. The number of fused-ring (bicyclic) bond motifs is 1. The molecule has 1 aliphatic heterocycles. The average Bonchev–Trinajstić information content (AvgIpc) is 3.15. The zero-order chi connectivity index (χ0) is 20.2. The van der Waals surface area contributed by atoms with Crippen LogP contribution in [-0.2, 0) is 17.7 Å². The number of carbonyl (C=O) groups is 1. The van der Waals surface area contributed by atoms with Crippen LogP contribution in [0.25, 0.3) is 11.1 Å². The normalized spacial score (nSPS) is 15.2. The van der Waals surface area contributed by atoms with E-state index in [4.69, 9.17) is 4.74 Å². The molecule has 1 heterocycles. The quantitative estimate of drug-likeness (QED) is 0.560. The van der Waals surface area contributed by atoms with E-state index in [1.54, 1.807) is 6.07 Å². The fraction of sp³-hybridized carbons (Fsp3) is 0.200. The molecule has 0 saturated heterocycles. The summed E-state index contributed by atoms with van der Waals surface area (Å²) in [6, 6.07) is 22.1. The summed E-state index contributed by atoms with van der Waals surface area (Å²) in [5, 5.41) is 3.37. The van der Waals surface area contributed by atoms with Gasteiger partial charge < -0.3 is 4.74 Å². The molecule has 1 aliphatic rings. The maximum atomic E-state index is 12.7. The van der Waals surface area contributed by atoms with Crippen LogP contribution in [0.5, 0.6) is 0 Å². The monoisotopic (exact) mass is 402 g/mol. The SMILES string of the molecule is [CH2]c1ccccc1C(=O)OC1NCc2c(-c3ccccc3)cc(CCSC)cc21. The fourth-order valence-electron chi connectivity index (χ4n) is 3.73. The van der Waals surface area contributed by atoms with Crippen molar-refractivity contribution in [1.29, 1.82) is 0 Å². The van der Waals surface area contributed by atoms with Gasteiger partial charge in [0.2, 0.25) is 0 Å². The second-order valence-corrected chi connectivity index (χ2v) is 8.13. The Morgan fingerprint density at radius 3 is 2.66 bits per heavy atom. The Morgan fingerprint density at radius 1 is 1.14 bits per heavy atom. The Morgan fingerprint density at radius 2 is 1.90 bits per heavy atom. The molecule has 0 fully saturated rings. The van der Waals surface area contributed by atoms with Crippen LogP contribution in [0, 0.1) is 6.92 Å². The zero-order valence-corrected chi connectivity index (χ0v) is 17.3. The molecule has 0 amide bonds. The molecular formula is C25H24NO2S. The smallest absolute Gasteiger partial charge is 0.340 e. The van der Waals surface area contributed by atoms with E-state index in [0.29, 0.717) is 17.7 Å². The lowest BCUT2D eigenvalue weighted by atomic mass is 9.93. The van der Waals surface area contributed by atoms with Gasteiger partial charge in [0.15, 0.2) is 6.23 Å². The average molecular weight is 403 g/mol. The number of rotatable bonds is 6. The lowest BCUT2D eigenvalue weighted by Crippen LogP contribution is -2.20. The first-order valence-corrected chi connectivity index (χ1v) is 11.1. The minimum absolute atomic E-state index is 0.350. The molecule has 0 spiro atoms. The maximum absolute atomic E-state index is 12.7. The van der Waals surface area contributed by atoms with Gasteiger partial charge in [0.05, 0.1) is 5.56 Å². The van der Waals surface area contributed by atoms with Crippen molar-refractivity contribution in [3.8, 4) is 11.1 Å². The van der Waals surface area contributed by atoms with Crippen molar-refractivity contribution in [3.05, 3.63) is 101 Å². The van der Waals surface area contributed by atoms with Crippen molar-refractivity contribution >= 4 is 17.7 Å². The fourth-order valence-corrected chi connectivity index (χ4v) is 4.17. The molecule has 3 nitrogen and oxygen atoms in total. The van der Waals surface area contributed by atoms with Gasteiger partial charge in [0, 0.05) is 12.1 Å². The summed E-state index contributed by atoms with van der Waals surface area (Å²) in [5.41, 5.74) is 7.09. The molecule has 1 unspecified atom stereocenters. The predicted molar refractivity (Wildman–Crippen MR) is 120 cm³/mol. The standard InChI is InChI=1S/C25H24NO2S/c1-17-8-6-7-11-20(17)25(27)28-24-22-15-18(12-13-29-2)14-21(23(22)16-26-24)19-9-4-3-5-10-19/h3-11,14-15,24,26H,1,12-13,16H2,2H3. The number of esters is 1.